The average molecular weight is 218 g/mol. The summed E-state index contributed by atoms with van der Waals surface area (Å²) in [5.74, 6) is 5.61. The molecule has 0 bridgehead atoms. The highest BCUT2D eigenvalue weighted by molar-refractivity contribution is 5.78. The van der Waals surface area contributed by atoms with Crippen molar-refractivity contribution in [2.24, 2.45) is 0 Å². The first-order chi connectivity index (χ1) is 7.81. The number of rotatable bonds is 10. The monoisotopic (exact) mass is 218 g/mol. The molecule has 0 saturated heterocycles. The van der Waals surface area contributed by atoms with E-state index >= 15 is 0 Å². The standard InChI is InChI=1S/C15H22O/c1-3-5-7-9-11-13-15(16)14-12-10-8-6-4-2/h1-2H,5-14H2. The van der Waals surface area contributed by atoms with Crippen molar-refractivity contribution in [2.45, 2.75) is 64.2 Å². The first-order valence-corrected chi connectivity index (χ1v) is 6.20. The summed E-state index contributed by atoms with van der Waals surface area (Å²) < 4.78 is 0. The van der Waals surface area contributed by atoms with Crippen LogP contribution in [0.15, 0.2) is 0 Å². The third-order valence-electron chi connectivity index (χ3n) is 2.55. The quantitative estimate of drug-likeness (QED) is 0.403. The first kappa shape index (κ1) is 14.8. The molecule has 0 rings (SSSR count). The number of carbonyl (C=O) groups is 1. The van der Waals surface area contributed by atoms with E-state index in [4.69, 9.17) is 12.8 Å². The molecule has 0 heterocycles. The van der Waals surface area contributed by atoms with Gasteiger partial charge in [-0.25, -0.2) is 0 Å². The molecule has 0 spiro atoms. The van der Waals surface area contributed by atoms with Crippen LogP contribution in [-0.4, -0.2) is 5.78 Å². The zero-order chi connectivity index (χ0) is 12.1. The Balaban J connectivity index is 3.19. The van der Waals surface area contributed by atoms with E-state index in [9.17, 15) is 4.79 Å². The molecule has 0 saturated carbocycles. The van der Waals surface area contributed by atoms with Crippen LogP contribution in [0.4, 0.5) is 0 Å². The summed E-state index contributed by atoms with van der Waals surface area (Å²) in [5.41, 5.74) is 0. The fourth-order valence-electron chi connectivity index (χ4n) is 1.58. The maximum atomic E-state index is 11.4. The van der Waals surface area contributed by atoms with Gasteiger partial charge in [0.2, 0.25) is 0 Å². The second kappa shape index (κ2) is 11.9. The average Bonchev–Trinajstić information content (AvgIpc) is 2.28. The number of hydrogen-bond donors (Lipinski definition) is 0. The molecule has 0 N–H and O–H groups in total. The molecule has 0 atom stereocenters. The minimum Gasteiger partial charge on any atom is -0.300 e. The van der Waals surface area contributed by atoms with Gasteiger partial charge in [0.15, 0.2) is 0 Å². The summed E-state index contributed by atoms with van der Waals surface area (Å²) in [6, 6.07) is 0. The van der Waals surface area contributed by atoms with Gasteiger partial charge in [-0.05, 0) is 25.7 Å². The van der Waals surface area contributed by atoms with E-state index < -0.39 is 0 Å². The van der Waals surface area contributed by atoms with E-state index in [1.165, 1.54) is 0 Å². The van der Waals surface area contributed by atoms with E-state index in [-0.39, 0.29) is 0 Å². The Hall–Kier alpha value is -1.21. The van der Waals surface area contributed by atoms with Gasteiger partial charge < -0.3 is 0 Å². The Kier molecular flexibility index (Phi) is 11.0. The molecule has 0 unspecified atom stereocenters. The lowest BCUT2D eigenvalue weighted by atomic mass is 10.0. The van der Waals surface area contributed by atoms with Gasteiger partial charge in [-0.15, -0.1) is 24.7 Å². The molecule has 0 aliphatic rings. The number of hydrogen-bond acceptors (Lipinski definition) is 1. The molecule has 0 radical (unpaired) electrons. The minimum absolute atomic E-state index is 0.390. The Bertz CT molecular complexity index is 226. The smallest absolute Gasteiger partial charge is 0.132 e. The van der Waals surface area contributed by atoms with E-state index in [1.54, 1.807) is 0 Å². The summed E-state index contributed by atoms with van der Waals surface area (Å²) in [6.07, 6.45) is 19.6. The summed E-state index contributed by atoms with van der Waals surface area (Å²) in [4.78, 5) is 11.4. The Morgan fingerprint density at radius 2 is 1.19 bits per heavy atom. The molecule has 0 aromatic heterocycles. The number of ketones is 1. The lowest BCUT2D eigenvalue weighted by Crippen LogP contribution is -1.97. The highest BCUT2D eigenvalue weighted by atomic mass is 16.1. The van der Waals surface area contributed by atoms with Crippen molar-refractivity contribution in [1.29, 1.82) is 0 Å². The molecule has 0 aliphatic carbocycles. The van der Waals surface area contributed by atoms with Crippen molar-refractivity contribution in [3.05, 3.63) is 0 Å². The van der Waals surface area contributed by atoms with Crippen molar-refractivity contribution in [2.75, 3.05) is 0 Å². The summed E-state index contributed by atoms with van der Waals surface area (Å²) in [7, 11) is 0. The number of carbonyl (C=O) groups excluding carboxylic acids is 1. The highest BCUT2D eigenvalue weighted by Crippen LogP contribution is 2.08. The van der Waals surface area contributed by atoms with E-state index in [0.717, 1.165) is 64.2 Å². The molecule has 0 aliphatic heterocycles. The fourth-order valence-corrected chi connectivity index (χ4v) is 1.58. The molecule has 0 aromatic carbocycles. The highest BCUT2D eigenvalue weighted by Gasteiger charge is 2.01. The molecule has 16 heavy (non-hydrogen) atoms. The normalized spacial score (nSPS) is 9.38. The van der Waals surface area contributed by atoms with Crippen LogP contribution in [0.5, 0.6) is 0 Å². The van der Waals surface area contributed by atoms with Gasteiger partial charge in [0.25, 0.3) is 0 Å². The lowest BCUT2D eigenvalue weighted by molar-refractivity contribution is -0.119. The molecule has 0 fully saturated rings. The van der Waals surface area contributed by atoms with Crippen molar-refractivity contribution in [3.63, 3.8) is 0 Å². The largest absolute Gasteiger partial charge is 0.300 e. The van der Waals surface area contributed by atoms with Crippen LogP contribution < -0.4 is 0 Å². The Labute approximate surface area is 100 Å². The van der Waals surface area contributed by atoms with Gasteiger partial charge in [-0.2, -0.15) is 0 Å². The molecule has 88 valence electrons. The van der Waals surface area contributed by atoms with Crippen LogP contribution in [0.1, 0.15) is 64.2 Å². The molecule has 0 amide bonds. The van der Waals surface area contributed by atoms with Crippen LogP contribution in [0, 0.1) is 24.7 Å². The number of terminal acetylenes is 2. The van der Waals surface area contributed by atoms with Crippen molar-refractivity contribution < 1.29 is 4.79 Å². The van der Waals surface area contributed by atoms with E-state index in [0.29, 0.717) is 5.78 Å². The molecular weight excluding hydrogens is 196 g/mol. The van der Waals surface area contributed by atoms with Crippen LogP contribution in [0.3, 0.4) is 0 Å². The molecule has 1 nitrogen and oxygen atoms in total. The zero-order valence-corrected chi connectivity index (χ0v) is 10.1. The van der Waals surface area contributed by atoms with Gasteiger partial charge in [-0.1, -0.05) is 12.8 Å². The predicted molar refractivity (Wildman–Crippen MR) is 68.8 cm³/mol. The van der Waals surface area contributed by atoms with Crippen molar-refractivity contribution in [1.82, 2.24) is 0 Å². The third-order valence-corrected chi connectivity index (χ3v) is 2.55. The minimum atomic E-state index is 0.390. The predicted octanol–water partition coefficient (Wildman–Crippen LogP) is 3.72. The molecular formula is C15H22O. The zero-order valence-electron chi connectivity index (χ0n) is 10.1. The Morgan fingerprint density at radius 3 is 1.56 bits per heavy atom. The van der Waals surface area contributed by atoms with Crippen molar-refractivity contribution >= 4 is 5.78 Å². The van der Waals surface area contributed by atoms with Crippen LogP contribution >= 0.6 is 0 Å². The molecule has 0 aromatic rings. The third kappa shape index (κ3) is 10.9. The first-order valence-electron chi connectivity index (χ1n) is 6.20. The topological polar surface area (TPSA) is 17.1 Å². The van der Waals surface area contributed by atoms with Gasteiger partial charge in [0, 0.05) is 25.7 Å². The van der Waals surface area contributed by atoms with Gasteiger partial charge in [0.1, 0.15) is 5.78 Å². The Morgan fingerprint density at radius 1 is 0.750 bits per heavy atom. The fraction of sp³-hybridized carbons (Fsp3) is 0.667. The van der Waals surface area contributed by atoms with Crippen LogP contribution in [0.2, 0.25) is 0 Å². The maximum Gasteiger partial charge on any atom is 0.132 e. The summed E-state index contributed by atoms with van der Waals surface area (Å²) >= 11 is 0. The maximum absolute atomic E-state index is 11.4. The van der Waals surface area contributed by atoms with Crippen molar-refractivity contribution in [3.8, 4) is 24.7 Å². The van der Waals surface area contributed by atoms with Gasteiger partial charge in [-0.3, -0.25) is 4.79 Å². The molecule has 1 heteroatoms. The van der Waals surface area contributed by atoms with Crippen LogP contribution in [-0.2, 0) is 4.79 Å². The lowest BCUT2D eigenvalue weighted by Gasteiger charge is -2.00. The summed E-state index contributed by atoms with van der Waals surface area (Å²) in [6.45, 7) is 0. The second-order valence-corrected chi connectivity index (χ2v) is 4.07. The number of Topliss-reactive ketones (excluding diaryl/α,β-unsaturated/α-hetero) is 1. The van der Waals surface area contributed by atoms with Crippen LogP contribution in [0.25, 0.3) is 0 Å². The SMILES string of the molecule is C#CCCCCCC(=O)CCCCCC#C. The summed E-state index contributed by atoms with van der Waals surface area (Å²) in [5, 5.41) is 0. The second-order valence-electron chi connectivity index (χ2n) is 4.07. The van der Waals surface area contributed by atoms with Gasteiger partial charge in [0.05, 0.1) is 0 Å². The van der Waals surface area contributed by atoms with E-state index in [1.807, 2.05) is 0 Å². The van der Waals surface area contributed by atoms with E-state index in [2.05, 4.69) is 11.8 Å². The van der Waals surface area contributed by atoms with Gasteiger partial charge >= 0.3 is 0 Å². The number of unbranched alkanes of at least 4 members (excludes halogenated alkanes) is 6.